The van der Waals surface area contributed by atoms with Crippen LogP contribution in [0, 0.1) is 17.0 Å². The number of rotatable bonds is 6. The van der Waals surface area contributed by atoms with Gasteiger partial charge in [0.2, 0.25) is 0 Å². The topological polar surface area (TPSA) is 88.3 Å². The smallest absolute Gasteiger partial charge is 0.290 e. The zero-order valence-electron chi connectivity index (χ0n) is 11.6. The third-order valence-corrected chi connectivity index (χ3v) is 5.07. The molecule has 0 aliphatic heterocycles. The van der Waals surface area contributed by atoms with Crippen molar-refractivity contribution >= 4 is 23.3 Å². The first-order chi connectivity index (χ1) is 9.46. The van der Waals surface area contributed by atoms with E-state index >= 15 is 0 Å². The van der Waals surface area contributed by atoms with Crippen LogP contribution in [-0.4, -0.2) is 38.2 Å². The van der Waals surface area contributed by atoms with E-state index in [1.165, 1.54) is 6.20 Å². The number of aliphatic hydroxyl groups is 1. The van der Waals surface area contributed by atoms with Crippen LogP contribution in [0.3, 0.4) is 0 Å². The molecule has 2 N–H and O–H groups in total. The highest BCUT2D eigenvalue weighted by atomic mass is 32.2. The fourth-order valence-corrected chi connectivity index (χ4v) is 3.52. The van der Waals surface area contributed by atoms with Crippen molar-refractivity contribution in [3.05, 3.63) is 27.9 Å². The van der Waals surface area contributed by atoms with Gasteiger partial charge in [-0.05, 0) is 31.6 Å². The number of aromatic nitrogens is 1. The average Bonchev–Trinajstić information content (AvgIpc) is 2.40. The van der Waals surface area contributed by atoms with Gasteiger partial charge in [-0.1, -0.05) is 6.92 Å². The summed E-state index contributed by atoms with van der Waals surface area (Å²) in [6, 6.07) is 1.64. The second kappa shape index (κ2) is 5.97. The lowest BCUT2D eigenvalue weighted by Crippen LogP contribution is -2.54. The number of hydrogen-bond donors (Lipinski definition) is 2. The minimum Gasteiger partial charge on any atom is -0.387 e. The minimum atomic E-state index is -0.696. The van der Waals surface area contributed by atoms with Crippen molar-refractivity contribution in [3.63, 3.8) is 0 Å². The van der Waals surface area contributed by atoms with Crippen LogP contribution in [0.15, 0.2) is 12.3 Å². The van der Waals surface area contributed by atoms with Crippen LogP contribution < -0.4 is 5.32 Å². The molecule has 1 aliphatic rings. The molecular formula is C13H19N3O3S. The first-order valence-electron chi connectivity index (χ1n) is 6.65. The Kier molecular flexibility index (Phi) is 4.49. The van der Waals surface area contributed by atoms with Gasteiger partial charge in [0.15, 0.2) is 0 Å². The number of nitrogens with one attached hydrogen (secondary N) is 1. The summed E-state index contributed by atoms with van der Waals surface area (Å²) in [7, 11) is 0. The molecule has 0 saturated heterocycles. The van der Waals surface area contributed by atoms with Crippen LogP contribution in [0.25, 0.3) is 0 Å². The fourth-order valence-electron chi connectivity index (χ4n) is 2.32. The maximum atomic E-state index is 10.7. The Bertz CT molecular complexity index is 512. The van der Waals surface area contributed by atoms with Gasteiger partial charge in [-0.15, -0.1) is 0 Å². The van der Waals surface area contributed by atoms with E-state index in [-0.39, 0.29) is 10.9 Å². The summed E-state index contributed by atoms with van der Waals surface area (Å²) in [5.74, 6) is 1.55. The zero-order chi connectivity index (χ0) is 14.8. The van der Waals surface area contributed by atoms with Crippen LogP contribution in [0.4, 0.5) is 11.5 Å². The Hall–Kier alpha value is -1.34. The molecule has 6 nitrogen and oxygen atoms in total. The van der Waals surface area contributed by atoms with E-state index < -0.39 is 10.5 Å². The standard InChI is InChI=1S/C13H19N3O3S/c1-3-20-11-4-5-13(11,17)8-15-12-6-9(2)10(7-14-12)16(18)19/h6-7,11,17H,3-5,8H2,1-2H3,(H,14,15). The fraction of sp³-hybridized carbons (Fsp3) is 0.615. The van der Waals surface area contributed by atoms with Crippen LogP contribution in [0.5, 0.6) is 0 Å². The van der Waals surface area contributed by atoms with E-state index in [1.54, 1.807) is 24.8 Å². The van der Waals surface area contributed by atoms with Gasteiger partial charge in [0.1, 0.15) is 12.0 Å². The Labute approximate surface area is 122 Å². The summed E-state index contributed by atoms with van der Waals surface area (Å²) in [4.78, 5) is 14.3. The Morgan fingerprint density at radius 3 is 2.95 bits per heavy atom. The van der Waals surface area contributed by atoms with Crippen molar-refractivity contribution in [2.45, 2.75) is 37.5 Å². The lowest BCUT2D eigenvalue weighted by Gasteiger charge is -2.45. The van der Waals surface area contributed by atoms with Crippen LogP contribution in [-0.2, 0) is 0 Å². The molecule has 1 heterocycles. The number of anilines is 1. The molecule has 1 fully saturated rings. The quantitative estimate of drug-likeness (QED) is 0.619. The summed E-state index contributed by atoms with van der Waals surface area (Å²) in [5, 5.41) is 24.5. The van der Waals surface area contributed by atoms with Crippen molar-refractivity contribution in [3.8, 4) is 0 Å². The highest BCUT2D eigenvalue weighted by Crippen LogP contribution is 2.41. The van der Waals surface area contributed by atoms with Gasteiger partial charge in [-0.2, -0.15) is 11.8 Å². The highest BCUT2D eigenvalue weighted by molar-refractivity contribution is 8.00. The summed E-state index contributed by atoms with van der Waals surface area (Å²) in [6.45, 7) is 4.19. The summed E-state index contributed by atoms with van der Waals surface area (Å²) < 4.78 is 0. The third-order valence-electron chi connectivity index (χ3n) is 3.66. The molecule has 1 saturated carbocycles. The van der Waals surface area contributed by atoms with Crippen molar-refractivity contribution in [2.24, 2.45) is 0 Å². The van der Waals surface area contributed by atoms with Gasteiger partial charge in [0.05, 0.1) is 10.5 Å². The Morgan fingerprint density at radius 2 is 2.45 bits per heavy atom. The number of aryl methyl sites for hydroxylation is 1. The zero-order valence-corrected chi connectivity index (χ0v) is 12.4. The van der Waals surface area contributed by atoms with Gasteiger partial charge >= 0.3 is 0 Å². The molecule has 2 atom stereocenters. The van der Waals surface area contributed by atoms with Gasteiger partial charge < -0.3 is 10.4 Å². The molecule has 0 aromatic carbocycles. The second-order valence-electron chi connectivity index (χ2n) is 5.05. The minimum absolute atomic E-state index is 0.0114. The van der Waals surface area contributed by atoms with Gasteiger partial charge in [-0.25, -0.2) is 4.98 Å². The maximum Gasteiger partial charge on any atom is 0.290 e. The SMILES string of the molecule is CCSC1CCC1(O)CNc1cc(C)c([N+](=O)[O-])cn1. The van der Waals surface area contributed by atoms with Gasteiger partial charge in [0.25, 0.3) is 5.69 Å². The monoisotopic (exact) mass is 297 g/mol. The van der Waals surface area contributed by atoms with Crippen LogP contribution in [0.2, 0.25) is 0 Å². The highest BCUT2D eigenvalue weighted by Gasteiger charge is 2.45. The van der Waals surface area contributed by atoms with E-state index in [2.05, 4.69) is 17.2 Å². The van der Waals surface area contributed by atoms with E-state index in [9.17, 15) is 15.2 Å². The molecule has 0 amide bonds. The van der Waals surface area contributed by atoms with E-state index in [0.717, 1.165) is 18.6 Å². The third kappa shape index (κ3) is 3.04. The van der Waals surface area contributed by atoms with Crippen molar-refractivity contribution in [1.29, 1.82) is 0 Å². The molecule has 1 aromatic heterocycles. The lowest BCUT2D eigenvalue weighted by molar-refractivity contribution is -0.385. The van der Waals surface area contributed by atoms with Gasteiger partial charge in [-0.3, -0.25) is 10.1 Å². The molecule has 2 rings (SSSR count). The first-order valence-corrected chi connectivity index (χ1v) is 7.70. The van der Waals surface area contributed by atoms with E-state index in [0.29, 0.717) is 17.9 Å². The number of nitrogens with zero attached hydrogens (tertiary/aromatic N) is 2. The summed E-state index contributed by atoms with van der Waals surface area (Å²) in [5.41, 5.74) is -0.122. The summed E-state index contributed by atoms with van der Waals surface area (Å²) in [6.07, 6.45) is 3.06. The Morgan fingerprint density at radius 1 is 1.70 bits per heavy atom. The first kappa shape index (κ1) is 15.1. The predicted molar refractivity (Wildman–Crippen MR) is 80.2 cm³/mol. The summed E-state index contributed by atoms with van der Waals surface area (Å²) >= 11 is 1.77. The van der Waals surface area contributed by atoms with E-state index in [1.807, 2.05) is 0 Å². The van der Waals surface area contributed by atoms with Crippen LogP contribution in [0.1, 0.15) is 25.3 Å². The predicted octanol–water partition coefficient (Wildman–Crippen LogP) is 2.36. The molecule has 0 bridgehead atoms. The average molecular weight is 297 g/mol. The molecular weight excluding hydrogens is 278 g/mol. The molecule has 20 heavy (non-hydrogen) atoms. The van der Waals surface area contributed by atoms with Crippen LogP contribution >= 0.6 is 11.8 Å². The Balaban J connectivity index is 1.98. The molecule has 110 valence electrons. The molecule has 7 heteroatoms. The molecule has 1 aliphatic carbocycles. The number of hydrogen-bond acceptors (Lipinski definition) is 6. The normalized spacial score (nSPS) is 25.1. The lowest BCUT2D eigenvalue weighted by atomic mass is 9.79. The van der Waals surface area contributed by atoms with E-state index in [4.69, 9.17) is 0 Å². The maximum absolute atomic E-state index is 10.7. The number of thioether (sulfide) groups is 1. The van der Waals surface area contributed by atoms with Crippen molar-refractivity contribution in [1.82, 2.24) is 4.98 Å². The molecule has 0 radical (unpaired) electrons. The van der Waals surface area contributed by atoms with Gasteiger partial charge in [0, 0.05) is 17.4 Å². The van der Waals surface area contributed by atoms with Crippen molar-refractivity contribution in [2.75, 3.05) is 17.6 Å². The molecule has 2 unspecified atom stereocenters. The van der Waals surface area contributed by atoms with Crippen molar-refractivity contribution < 1.29 is 10.0 Å². The largest absolute Gasteiger partial charge is 0.387 e. The molecule has 1 aromatic rings. The second-order valence-corrected chi connectivity index (χ2v) is 6.53. The number of pyridine rings is 1. The molecule has 0 spiro atoms. The number of nitro groups is 1.